The van der Waals surface area contributed by atoms with Gasteiger partial charge >= 0.3 is 0 Å². The van der Waals surface area contributed by atoms with Crippen LogP contribution >= 0.6 is 11.3 Å². The summed E-state index contributed by atoms with van der Waals surface area (Å²) in [6.07, 6.45) is 9.17. The zero-order chi connectivity index (χ0) is 14.7. The number of nitrogens with one attached hydrogen (secondary N) is 2. The minimum absolute atomic E-state index is 0.118. The quantitative estimate of drug-likeness (QED) is 0.789. The van der Waals surface area contributed by atoms with Crippen LogP contribution in [0.1, 0.15) is 56.2 Å². The second-order valence-electron chi connectivity index (χ2n) is 6.19. The van der Waals surface area contributed by atoms with Gasteiger partial charge in [-0.05, 0) is 37.8 Å². The van der Waals surface area contributed by atoms with Crippen LogP contribution in [0.25, 0.3) is 0 Å². The van der Waals surface area contributed by atoms with Crippen LogP contribution in [0, 0.1) is 0 Å². The van der Waals surface area contributed by atoms with Gasteiger partial charge in [0.25, 0.3) is 0 Å². The Kier molecular flexibility index (Phi) is 4.99. The van der Waals surface area contributed by atoms with Gasteiger partial charge in [-0.3, -0.25) is 0 Å². The van der Waals surface area contributed by atoms with Crippen LogP contribution in [0.3, 0.4) is 0 Å². The van der Waals surface area contributed by atoms with Crippen molar-refractivity contribution in [2.45, 2.75) is 74.2 Å². The molecule has 4 nitrogen and oxygen atoms in total. The van der Waals surface area contributed by atoms with Crippen molar-refractivity contribution in [3.8, 4) is 0 Å². The van der Waals surface area contributed by atoms with E-state index in [1.165, 1.54) is 37.0 Å². The van der Waals surface area contributed by atoms with E-state index in [2.05, 4.69) is 10.0 Å². The second-order valence-corrected chi connectivity index (χ2v) is 9.29. The van der Waals surface area contributed by atoms with E-state index in [0.717, 1.165) is 37.1 Å². The Hall–Kier alpha value is -0.430. The average Bonchev–Trinajstić information content (AvgIpc) is 3.20. The minimum atomic E-state index is -3.34. The van der Waals surface area contributed by atoms with Crippen molar-refractivity contribution in [1.29, 1.82) is 0 Å². The van der Waals surface area contributed by atoms with Crippen molar-refractivity contribution in [2.24, 2.45) is 0 Å². The molecule has 3 rings (SSSR count). The van der Waals surface area contributed by atoms with Gasteiger partial charge in [0.15, 0.2) is 0 Å². The molecule has 2 aliphatic carbocycles. The molecule has 1 aromatic heterocycles. The maximum absolute atomic E-state index is 12.5. The van der Waals surface area contributed by atoms with Crippen LogP contribution in [0.15, 0.2) is 16.3 Å². The summed E-state index contributed by atoms with van der Waals surface area (Å²) in [6.45, 7) is 0.786. The van der Waals surface area contributed by atoms with Crippen molar-refractivity contribution >= 4 is 21.4 Å². The number of hydrogen-bond donors (Lipinski definition) is 2. The molecule has 2 fully saturated rings. The molecule has 1 aromatic rings. The van der Waals surface area contributed by atoms with Gasteiger partial charge in [-0.25, -0.2) is 13.1 Å². The summed E-state index contributed by atoms with van der Waals surface area (Å²) in [7, 11) is -3.34. The molecule has 0 spiro atoms. The van der Waals surface area contributed by atoms with E-state index < -0.39 is 10.0 Å². The lowest BCUT2D eigenvalue weighted by molar-refractivity contribution is 0.511. The SMILES string of the molecule is O=S(=O)(NC1CCCCCC1)c1ccc(CNC2CC2)s1. The van der Waals surface area contributed by atoms with Crippen LogP contribution in [0.5, 0.6) is 0 Å². The molecule has 0 radical (unpaired) electrons. The minimum Gasteiger partial charge on any atom is -0.309 e. The molecular weight excluding hydrogens is 304 g/mol. The fraction of sp³-hybridized carbons (Fsp3) is 0.733. The van der Waals surface area contributed by atoms with Crippen LogP contribution in [0.2, 0.25) is 0 Å². The molecule has 2 N–H and O–H groups in total. The molecule has 0 atom stereocenters. The van der Waals surface area contributed by atoms with E-state index >= 15 is 0 Å². The molecule has 6 heteroatoms. The number of hydrogen-bond acceptors (Lipinski definition) is 4. The first kappa shape index (κ1) is 15.5. The van der Waals surface area contributed by atoms with E-state index in [1.54, 1.807) is 6.07 Å². The third kappa shape index (κ3) is 4.52. The molecule has 0 aromatic carbocycles. The van der Waals surface area contributed by atoms with Gasteiger partial charge < -0.3 is 5.32 Å². The summed E-state index contributed by atoms with van der Waals surface area (Å²) in [6, 6.07) is 4.44. The lowest BCUT2D eigenvalue weighted by Crippen LogP contribution is -2.33. The Morgan fingerprint density at radius 1 is 1.00 bits per heavy atom. The zero-order valence-corrected chi connectivity index (χ0v) is 13.9. The van der Waals surface area contributed by atoms with Crippen LogP contribution < -0.4 is 10.0 Å². The van der Waals surface area contributed by atoms with Crippen molar-refractivity contribution in [3.63, 3.8) is 0 Å². The first-order chi connectivity index (χ1) is 10.1. The molecule has 0 amide bonds. The molecule has 0 aliphatic heterocycles. The monoisotopic (exact) mass is 328 g/mol. The molecule has 2 aliphatic rings. The smallest absolute Gasteiger partial charge is 0.250 e. The summed E-state index contributed by atoms with van der Waals surface area (Å²) in [5.74, 6) is 0. The highest BCUT2D eigenvalue weighted by Crippen LogP contribution is 2.25. The van der Waals surface area contributed by atoms with Gasteiger partial charge in [-0.15, -0.1) is 11.3 Å². The average molecular weight is 329 g/mol. The van der Waals surface area contributed by atoms with Crippen molar-refractivity contribution < 1.29 is 8.42 Å². The van der Waals surface area contributed by atoms with Crippen LogP contribution in [-0.4, -0.2) is 20.5 Å². The molecule has 2 saturated carbocycles. The predicted octanol–water partition coefficient (Wildman–Crippen LogP) is 3.00. The Labute approximate surface area is 131 Å². The molecule has 0 unspecified atom stereocenters. The Morgan fingerprint density at radius 3 is 2.38 bits per heavy atom. The highest BCUT2D eigenvalue weighted by atomic mass is 32.2. The van der Waals surface area contributed by atoms with E-state index in [4.69, 9.17) is 0 Å². The summed E-state index contributed by atoms with van der Waals surface area (Å²) >= 11 is 1.39. The van der Waals surface area contributed by atoms with Gasteiger partial charge in [0.05, 0.1) is 0 Å². The third-order valence-corrected chi connectivity index (χ3v) is 7.32. The molecule has 0 saturated heterocycles. The highest BCUT2D eigenvalue weighted by Gasteiger charge is 2.24. The standard InChI is InChI=1S/C15H24N2O2S2/c18-21(19,17-13-5-3-1-2-4-6-13)15-10-9-14(20-15)11-16-12-7-8-12/h9-10,12-13,16-17H,1-8,11H2. The summed E-state index contributed by atoms with van der Waals surface area (Å²) in [5.41, 5.74) is 0. The van der Waals surface area contributed by atoms with Crippen LogP contribution in [0.4, 0.5) is 0 Å². The topological polar surface area (TPSA) is 58.2 Å². The van der Waals surface area contributed by atoms with Crippen LogP contribution in [-0.2, 0) is 16.6 Å². The molecule has 118 valence electrons. The Bertz CT molecular complexity index is 556. The first-order valence-electron chi connectivity index (χ1n) is 7.98. The van der Waals surface area contributed by atoms with Gasteiger partial charge in [-0.1, -0.05) is 25.7 Å². The van der Waals surface area contributed by atoms with Crippen molar-refractivity contribution in [2.75, 3.05) is 0 Å². The second kappa shape index (κ2) is 6.77. The molecule has 1 heterocycles. The predicted molar refractivity (Wildman–Crippen MR) is 86.0 cm³/mol. The first-order valence-corrected chi connectivity index (χ1v) is 10.3. The third-order valence-electron chi connectivity index (χ3n) is 4.22. The summed E-state index contributed by atoms with van der Waals surface area (Å²) in [5, 5.41) is 3.42. The van der Waals surface area contributed by atoms with E-state index in [9.17, 15) is 8.42 Å². The largest absolute Gasteiger partial charge is 0.309 e. The number of thiophene rings is 1. The molecule has 0 bridgehead atoms. The van der Waals surface area contributed by atoms with E-state index in [0.29, 0.717) is 10.3 Å². The van der Waals surface area contributed by atoms with E-state index in [1.807, 2.05) is 6.07 Å². The van der Waals surface area contributed by atoms with Gasteiger partial charge in [0.2, 0.25) is 10.0 Å². The van der Waals surface area contributed by atoms with Gasteiger partial charge in [0.1, 0.15) is 4.21 Å². The Balaban J connectivity index is 1.60. The lowest BCUT2D eigenvalue weighted by Gasteiger charge is -2.15. The Morgan fingerprint density at radius 2 is 1.71 bits per heavy atom. The zero-order valence-electron chi connectivity index (χ0n) is 12.3. The number of rotatable bonds is 6. The molecular formula is C15H24N2O2S2. The maximum Gasteiger partial charge on any atom is 0.250 e. The highest BCUT2D eigenvalue weighted by molar-refractivity contribution is 7.91. The number of sulfonamides is 1. The van der Waals surface area contributed by atoms with Crippen molar-refractivity contribution in [1.82, 2.24) is 10.0 Å². The van der Waals surface area contributed by atoms with E-state index in [-0.39, 0.29) is 6.04 Å². The fourth-order valence-electron chi connectivity index (χ4n) is 2.80. The van der Waals surface area contributed by atoms with Crippen molar-refractivity contribution in [3.05, 3.63) is 17.0 Å². The van der Waals surface area contributed by atoms with Gasteiger partial charge in [-0.2, -0.15) is 0 Å². The normalized spacial score (nSPS) is 21.3. The summed E-state index contributed by atoms with van der Waals surface area (Å²) in [4.78, 5) is 1.10. The summed E-state index contributed by atoms with van der Waals surface area (Å²) < 4.78 is 28.3. The van der Waals surface area contributed by atoms with Gasteiger partial charge in [0, 0.05) is 23.5 Å². The fourth-order valence-corrected chi connectivity index (χ4v) is 5.43. The lowest BCUT2D eigenvalue weighted by atomic mass is 10.1. The molecule has 21 heavy (non-hydrogen) atoms. The maximum atomic E-state index is 12.5.